The second kappa shape index (κ2) is 9.96. The van der Waals surface area contributed by atoms with Crippen molar-refractivity contribution >= 4 is 17.7 Å². The Morgan fingerprint density at radius 3 is 2.77 bits per heavy atom. The maximum atomic E-state index is 12.6. The molecule has 1 N–H and O–H groups in total. The van der Waals surface area contributed by atoms with Crippen LogP contribution in [0.4, 0.5) is 0 Å². The van der Waals surface area contributed by atoms with Crippen molar-refractivity contribution in [3.8, 4) is 22.8 Å². The highest BCUT2D eigenvalue weighted by atomic mass is 32.2. The molecule has 1 aliphatic rings. The number of nitrogens with one attached hydrogen (secondary N) is 1. The molecule has 7 nitrogen and oxygen atoms in total. The van der Waals surface area contributed by atoms with Crippen LogP contribution in [-0.4, -0.2) is 44.6 Å². The van der Waals surface area contributed by atoms with Gasteiger partial charge in [0.15, 0.2) is 11.0 Å². The molecule has 2 aromatic heterocycles. The van der Waals surface area contributed by atoms with Crippen LogP contribution in [-0.2, 0) is 4.79 Å². The first-order valence-corrected chi connectivity index (χ1v) is 11.6. The Balaban J connectivity index is 1.57. The van der Waals surface area contributed by atoms with Gasteiger partial charge in [0, 0.05) is 30.1 Å². The number of hydrogen-bond acceptors (Lipinski definition) is 6. The Bertz CT molecular complexity index is 1020. The van der Waals surface area contributed by atoms with Crippen molar-refractivity contribution in [2.24, 2.45) is 5.92 Å². The molecule has 1 amide bonds. The standard InChI is InChI=1S/C23H27N5O2S/c1-16-6-3-4-9-20(16)25-21(29)15-31-23-27-26-22(17-10-12-24-13-11-17)28(23)18-7-5-8-19(14-18)30-2/h5,7-8,10-14,16,20H,3-4,6,9,15H2,1-2H3,(H,25,29)/t16-,20-/m0/s1. The van der Waals surface area contributed by atoms with Gasteiger partial charge < -0.3 is 10.1 Å². The van der Waals surface area contributed by atoms with E-state index in [4.69, 9.17) is 4.74 Å². The Kier molecular flexibility index (Phi) is 6.86. The van der Waals surface area contributed by atoms with Gasteiger partial charge in [-0.3, -0.25) is 14.3 Å². The first kappa shape index (κ1) is 21.4. The summed E-state index contributed by atoms with van der Waals surface area (Å²) in [6.45, 7) is 2.22. The van der Waals surface area contributed by atoms with E-state index in [-0.39, 0.29) is 11.9 Å². The van der Waals surface area contributed by atoms with E-state index in [0.29, 0.717) is 22.7 Å². The second-order valence-corrected chi connectivity index (χ2v) is 8.75. The third kappa shape index (κ3) is 5.07. The predicted octanol–water partition coefficient (Wildman–Crippen LogP) is 4.12. The molecule has 1 aromatic carbocycles. The van der Waals surface area contributed by atoms with Crippen molar-refractivity contribution < 1.29 is 9.53 Å². The van der Waals surface area contributed by atoms with Gasteiger partial charge >= 0.3 is 0 Å². The fraction of sp³-hybridized carbons (Fsp3) is 0.391. The number of carbonyl (C=O) groups excluding carboxylic acids is 1. The summed E-state index contributed by atoms with van der Waals surface area (Å²) in [4.78, 5) is 16.7. The summed E-state index contributed by atoms with van der Waals surface area (Å²) < 4.78 is 7.35. The molecular formula is C23H27N5O2S. The summed E-state index contributed by atoms with van der Waals surface area (Å²) in [6, 6.07) is 11.8. The van der Waals surface area contributed by atoms with Gasteiger partial charge in [0.1, 0.15) is 5.75 Å². The highest BCUT2D eigenvalue weighted by Crippen LogP contribution is 2.29. The van der Waals surface area contributed by atoms with E-state index < -0.39 is 0 Å². The number of hydrogen-bond donors (Lipinski definition) is 1. The minimum absolute atomic E-state index is 0.0365. The van der Waals surface area contributed by atoms with Gasteiger partial charge in [-0.15, -0.1) is 10.2 Å². The maximum Gasteiger partial charge on any atom is 0.230 e. The molecule has 1 saturated carbocycles. The van der Waals surface area contributed by atoms with E-state index >= 15 is 0 Å². The number of benzene rings is 1. The maximum absolute atomic E-state index is 12.6. The monoisotopic (exact) mass is 437 g/mol. The number of methoxy groups -OCH3 is 1. The topological polar surface area (TPSA) is 81.9 Å². The van der Waals surface area contributed by atoms with Crippen molar-refractivity contribution in [3.63, 3.8) is 0 Å². The zero-order valence-corrected chi connectivity index (χ0v) is 18.6. The third-order valence-corrected chi connectivity index (χ3v) is 6.60. The number of carbonyl (C=O) groups is 1. The van der Waals surface area contributed by atoms with E-state index in [2.05, 4.69) is 27.4 Å². The molecule has 1 fully saturated rings. The molecule has 2 heterocycles. The minimum Gasteiger partial charge on any atom is -0.497 e. The summed E-state index contributed by atoms with van der Waals surface area (Å²) in [7, 11) is 1.64. The zero-order valence-electron chi connectivity index (χ0n) is 17.8. The summed E-state index contributed by atoms with van der Waals surface area (Å²) in [5.74, 6) is 2.30. The molecule has 0 spiro atoms. The highest BCUT2D eigenvalue weighted by Gasteiger charge is 2.23. The summed E-state index contributed by atoms with van der Waals surface area (Å²) >= 11 is 1.39. The van der Waals surface area contributed by atoms with Gasteiger partial charge in [-0.05, 0) is 43.0 Å². The molecule has 3 aromatic rings. The minimum atomic E-state index is 0.0365. The van der Waals surface area contributed by atoms with Gasteiger partial charge in [-0.2, -0.15) is 0 Å². The molecule has 1 aliphatic carbocycles. The van der Waals surface area contributed by atoms with Crippen LogP contribution in [0.15, 0.2) is 53.9 Å². The number of aromatic nitrogens is 4. The van der Waals surface area contributed by atoms with Crippen molar-refractivity contribution in [1.29, 1.82) is 0 Å². The lowest BCUT2D eigenvalue weighted by Gasteiger charge is -2.29. The smallest absolute Gasteiger partial charge is 0.230 e. The summed E-state index contributed by atoms with van der Waals surface area (Å²) in [6.07, 6.45) is 8.13. The number of pyridine rings is 1. The third-order valence-electron chi connectivity index (χ3n) is 5.67. The first-order chi connectivity index (χ1) is 15.2. The lowest BCUT2D eigenvalue weighted by atomic mass is 9.86. The van der Waals surface area contributed by atoms with Crippen LogP contribution in [0.2, 0.25) is 0 Å². The van der Waals surface area contributed by atoms with Gasteiger partial charge in [0.25, 0.3) is 0 Å². The molecule has 8 heteroatoms. The number of nitrogens with zero attached hydrogens (tertiary/aromatic N) is 4. The predicted molar refractivity (Wildman–Crippen MR) is 121 cm³/mol. The van der Waals surface area contributed by atoms with Gasteiger partial charge in [-0.25, -0.2) is 0 Å². The average molecular weight is 438 g/mol. The van der Waals surface area contributed by atoms with Gasteiger partial charge in [0.2, 0.25) is 5.91 Å². The van der Waals surface area contributed by atoms with E-state index in [1.54, 1.807) is 19.5 Å². The Hall–Kier alpha value is -2.87. The summed E-state index contributed by atoms with van der Waals surface area (Å²) in [5, 5.41) is 12.7. The molecule has 31 heavy (non-hydrogen) atoms. The number of thioether (sulfide) groups is 1. The molecule has 0 radical (unpaired) electrons. The van der Waals surface area contributed by atoms with Crippen LogP contribution in [0.1, 0.15) is 32.6 Å². The Morgan fingerprint density at radius 2 is 2.00 bits per heavy atom. The molecule has 162 valence electrons. The first-order valence-electron chi connectivity index (χ1n) is 10.6. The fourth-order valence-corrected chi connectivity index (χ4v) is 4.71. The van der Waals surface area contributed by atoms with Crippen molar-refractivity contribution in [3.05, 3.63) is 48.8 Å². The SMILES string of the molecule is COc1cccc(-n2c(SCC(=O)N[C@H]3CCCC[C@@H]3C)nnc2-c2ccncc2)c1. The van der Waals surface area contributed by atoms with Gasteiger partial charge in [0.05, 0.1) is 18.6 Å². The van der Waals surface area contributed by atoms with Crippen molar-refractivity contribution in [1.82, 2.24) is 25.1 Å². The molecule has 0 saturated heterocycles. The molecule has 4 rings (SSSR count). The van der Waals surface area contributed by atoms with Crippen LogP contribution in [0, 0.1) is 5.92 Å². The quantitative estimate of drug-likeness (QED) is 0.560. The number of amides is 1. The van der Waals surface area contributed by atoms with Crippen LogP contribution in [0.25, 0.3) is 17.1 Å². The average Bonchev–Trinajstić information content (AvgIpc) is 3.24. The molecule has 2 atom stereocenters. The summed E-state index contributed by atoms with van der Waals surface area (Å²) in [5.41, 5.74) is 1.78. The largest absolute Gasteiger partial charge is 0.497 e. The lowest BCUT2D eigenvalue weighted by molar-refractivity contribution is -0.119. The van der Waals surface area contributed by atoms with Crippen LogP contribution < -0.4 is 10.1 Å². The van der Waals surface area contributed by atoms with Crippen LogP contribution >= 0.6 is 11.8 Å². The van der Waals surface area contributed by atoms with Crippen molar-refractivity contribution in [2.75, 3.05) is 12.9 Å². The van der Waals surface area contributed by atoms with Gasteiger partial charge in [-0.1, -0.05) is 37.6 Å². The Labute approximate surface area is 186 Å². The normalized spacial score (nSPS) is 18.5. The zero-order chi connectivity index (χ0) is 21.6. The Morgan fingerprint density at radius 1 is 1.19 bits per heavy atom. The fourth-order valence-electron chi connectivity index (χ4n) is 3.94. The highest BCUT2D eigenvalue weighted by molar-refractivity contribution is 7.99. The molecule has 0 unspecified atom stereocenters. The van der Waals surface area contributed by atoms with E-state index in [9.17, 15) is 4.79 Å². The van der Waals surface area contributed by atoms with E-state index in [1.165, 1.54) is 31.0 Å². The molecular weight excluding hydrogens is 410 g/mol. The second-order valence-electron chi connectivity index (χ2n) is 7.80. The van der Waals surface area contributed by atoms with Crippen molar-refractivity contribution in [2.45, 2.75) is 43.8 Å². The number of rotatable bonds is 7. The molecule has 0 aliphatic heterocycles. The van der Waals surface area contributed by atoms with Crippen LogP contribution in [0.5, 0.6) is 5.75 Å². The van der Waals surface area contributed by atoms with Crippen LogP contribution in [0.3, 0.4) is 0 Å². The lowest BCUT2D eigenvalue weighted by Crippen LogP contribution is -2.41. The molecule has 0 bridgehead atoms. The van der Waals surface area contributed by atoms with E-state index in [0.717, 1.165) is 23.4 Å². The number of ether oxygens (including phenoxy) is 1. The van der Waals surface area contributed by atoms with E-state index in [1.807, 2.05) is 41.0 Å².